The second-order valence-electron chi connectivity index (χ2n) is 4.12. The molecule has 0 saturated heterocycles. The van der Waals surface area contributed by atoms with Gasteiger partial charge in [0.1, 0.15) is 5.75 Å². The maximum Gasteiger partial charge on any atom is 0.242 e. The highest BCUT2D eigenvalue weighted by Crippen LogP contribution is 2.23. The van der Waals surface area contributed by atoms with E-state index in [4.69, 9.17) is 4.43 Å². The SMILES string of the molecule is Cc1ccc(I)cc1O[Si](C)(C)C. The van der Waals surface area contributed by atoms with E-state index in [0.717, 1.165) is 5.75 Å². The van der Waals surface area contributed by atoms with Gasteiger partial charge in [0.2, 0.25) is 8.32 Å². The van der Waals surface area contributed by atoms with Crippen molar-refractivity contribution in [3.05, 3.63) is 27.3 Å². The monoisotopic (exact) mass is 306 g/mol. The van der Waals surface area contributed by atoms with Crippen LogP contribution in [-0.4, -0.2) is 8.32 Å². The van der Waals surface area contributed by atoms with Gasteiger partial charge in [0.25, 0.3) is 0 Å². The number of hydrogen-bond donors (Lipinski definition) is 0. The molecule has 0 bridgehead atoms. The Labute approximate surface area is 94.8 Å². The smallest absolute Gasteiger partial charge is 0.242 e. The summed E-state index contributed by atoms with van der Waals surface area (Å²) in [7, 11) is -1.46. The summed E-state index contributed by atoms with van der Waals surface area (Å²) >= 11 is 2.31. The summed E-state index contributed by atoms with van der Waals surface area (Å²) in [6.45, 7) is 8.69. The minimum absolute atomic E-state index is 1.05. The molecule has 1 nitrogen and oxygen atoms in total. The van der Waals surface area contributed by atoms with Crippen molar-refractivity contribution in [2.24, 2.45) is 0 Å². The first-order valence-electron chi connectivity index (χ1n) is 4.34. The van der Waals surface area contributed by atoms with Gasteiger partial charge in [0, 0.05) is 3.57 Å². The summed E-state index contributed by atoms with van der Waals surface area (Å²) in [5.74, 6) is 1.05. The van der Waals surface area contributed by atoms with E-state index in [1.807, 2.05) is 0 Å². The van der Waals surface area contributed by atoms with Gasteiger partial charge in [-0.3, -0.25) is 0 Å². The third-order valence-corrected chi connectivity index (χ3v) is 3.07. The Morgan fingerprint density at radius 1 is 1.23 bits per heavy atom. The highest BCUT2D eigenvalue weighted by Gasteiger charge is 2.17. The van der Waals surface area contributed by atoms with Crippen molar-refractivity contribution in [1.82, 2.24) is 0 Å². The molecular formula is C10H15IOSi. The predicted octanol–water partition coefficient (Wildman–Crippen LogP) is 3.81. The van der Waals surface area contributed by atoms with Crippen molar-refractivity contribution in [1.29, 1.82) is 0 Å². The van der Waals surface area contributed by atoms with Crippen LogP contribution < -0.4 is 4.43 Å². The molecule has 1 rings (SSSR count). The Hall–Kier alpha value is -0.0331. The van der Waals surface area contributed by atoms with Gasteiger partial charge in [-0.1, -0.05) is 6.07 Å². The summed E-state index contributed by atoms with van der Waals surface area (Å²) in [6, 6.07) is 6.32. The fourth-order valence-electron chi connectivity index (χ4n) is 1.01. The molecule has 0 saturated carbocycles. The van der Waals surface area contributed by atoms with Crippen LogP contribution >= 0.6 is 22.6 Å². The van der Waals surface area contributed by atoms with Crippen LogP contribution in [0.4, 0.5) is 0 Å². The molecular weight excluding hydrogens is 291 g/mol. The van der Waals surface area contributed by atoms with Gasteiger partial charge >= 0.3 is 0 Å². The molecule has 72 valence electrons. The van der Waals surface area contributed by atoms with E-state index in [-0.39, 0.29) is 0 Å². The fraction of sp³-hybridized carbons (Fsp3) is 0.400. The zero-order valence-corrected chi connectivity index (χ0v) is 11.7. The zero-order valence-electron chi connectivity index (χ0n) is 8.52. The molecule has 0 N–H and O–H groups in total. The summed E-state index contributed by atoms with van der Waals surface area (Å²) in [4.78, 5) is 0. The van der Waals surface area contributed by atoms with E-state index in [1.54, 1.807) is 0 Å². The van der Waals surface area contributed by atoms with Gasteiger partial charge in [-0.2, -0.15) is 0 Å². The number of halogens is 1. The van der Waals surface area contributed by atoms with Crippen LogP contribution in [0.5, 0.6) is 5.75 Å². The van der Waals surface area contributed by atoms with Gasteiger partial charge in [-0.25, -0.2) is 0 Å². The Balaban J connectivity index is 2.94. The van der Waals surface area contributed by atoms with E-state index in [0.29, 0.717) is 0 Å². The van der Waals surface area contributed by atoms with Crippen LogP contribution in [0.25, 0.3) is 0 Å². The van der Waals surface area contributed by atoms with Crippen LogP contribution in [0.3, 0.4) is 0 Å². The van der Waals surface area contributed by atoms with Crippen LogP contribution in [0, 0.1) is 10.5 Å². The number of rotatable bonds is 2. The van der Waals surface area contributed by atoms with Gasteiger partial charge < -0.3 is 4.43 Å². The molecule has 3 heteroatoms. The molecule has 0 aromatic heterocycles. The highest BCUT2D eigenvalue weighted by molar-refractivity contribution is 14.1. The second kappa shape index (κ2) is 4.00. The van der Waals surface area contributed by atoms with Crippen LogP contribution in [-0.2, 0) is 0 Å². The van der Waals surface area contributed by atoms with Gasteiger partial charge in [0.05, 0.1) is 0 Å². The lowest BCUT2D eigenvalue weighted by molar-refractivity contribution is 0.552. The average molecular weight is 306 g/mol. The molecule has 0 aliphatic heterocycles. The lowest BCUT2D eigenvalue weighted by Crippen LogP contribution is -2.29. The molecule has 13 heavy (non-hydrogen) atoms. The predicted molar refractivity (Wildman–Crippen MR) is 67.9 cm³/mol. The maximum absolute atomic E-state index is 5.95. The average Bonchev–Trinajstić information content (AvgIpc) is 1.94. The van der Waals surface area contributed by atoms with Gasteiger partial charge in [-0.15, -0.1) is 0 Å². The minimum atomic E-state index is -1.46. The van der Waals surface area contributed by atoms with E-state index in [9.17, 15) is 0 Å². The summed E-state index contributed by atoms with van der Waals surface area (Å²) in [5, 5.41) is 0. The topological polar surface area (TPSA) is 9.23 Å². The third kappa shape index (κ3) is 3.68. The molecule has 0 aliphatic rings. The maximum atomic E-state index is 5.95. The standard InChI is InChI=1S/C10H15IOSi/c1-8-5-6-9(11)7-10(8)12-13(2,3)4/h5-7H,1-4H3. The van der Waals surface area contributed by atoms with Crippen molar-refractivity contribution >= 4 is 30.9 Å². The normalized spacial score (nSPS) is 11.5. The van der Waals surface area contributed by atoms with E-state index in [2.05, 4.69) is 67.4 Å². The largest absolute Gasteiger partial charge is 0.544 e. The van der Waals surface area contributed by atoms with Crippen molar-refractivity contribution in [2.75, 3.05) is 0 Å². The molecule has 0 amide bonds. The Kier molecular flexibility index (Phi) is 3.40. The zero-order chi connectivity index (χ0) is 10.1. The number of aryl methyl sites for hydroxylation is 1. The quantitative estimate of drug-likeness (QED) is 0.596. The molecule has 1 aromatic carbocycles. The second-order valence-corrected chi connectivity index (χ2v) is 9.80. The Bertz CT molecular complexity index is 304. The molecule has 0 fully saturated rings. The van der Waals surface area contributed by atoms with Crippen molar-refractivity contribution in [2.45, 2.75) is 26.6 Å². The highest BCUT2D eigenvalue weighted by atomic mass is 127. The van der Waals surface area contributed by atoms with E-state index < -0.39 is 8.32 Å². The summed E-state index contributed by atoms with van der Waals surface area (Å²) in [6.07, 6.45) is 0. The first-order valence-corrected chi connectivity index (χ1v) is 8.82. The fourth-order valence-corrected chi connectivity index (χ4v) is 2.36. The van der Waals surface area contributed by atoms with Gasteiger partial charge in [-0.05, 0) is 66.9 Å². The number of hydrogen-bond acceptors (Lipinski definition) is 1. The minimum Gasteiger partial charge on any atom is -0.544 e. The first kappa shape index (κ1) is 11.0. The molecule has 0 atom stereocenters. The summed E-state index contributed by atoms with van der Waals surface area (Å²) in [5.41, 5.74) is 1.22. The first-order chi connectivity index (χ1) is 5.88. The Morgan fingerprint density at radius 3 is 2.38 bits per heavy atom. The molecule has 0 spiro atoms. The van der Waals surface area contributed by atoms with Crippen molar-refractivity contribution < 1.29 is 4.43 Å². The van der Waals surface area contributed by atoms with Crippen LogP contribution in [0.1, 0.15) is 5.56 Å². The van der Waals surface area contributed by atoms with Crippen LogP contribution in [0.2, 0.25) is 19.6 Å². The lowest BCUT2D eigenvalue weighted by Gasteiger charge is -2.20. The van der Waals surface area contributed by atoms with Crippen molar-refractivity contribution in [3.8, 4) is 5.75 Å². The van der Waals surface area contributed by atoms with Gasteiger partial charge in [0.15, 0.2) is 0 Å². The van der Waals surface area contributed by atoms with E-state index in [1.165, 1.54) is 9.13 Å². The number of benzene rings is 1. The lowest BCUT2D eigenvalue weighted by atomic mass is 10.2. The molecule has 0 aliphatic carbocycles. The molecule has 1 aromatic rings. The molecule has 0 radical (unpaired) electrons. The Morgan fingerprint density at radius 2 is 1.85 bits per heavy atom. The summed E-state index contributed by atoms with van der Waals surface area (Å²) < 4.78 is 7.18. The molecule has 0 heterocycles. The third-order valence-electron chi connectivity index (χ3n) is 1.57. The molecule has 0 unspecified atom stereocenters. The van der Waals surface area contributed by atoms with Crippen LogP contribution in [0.15, 0.2) is 18.2 Å². The van der Waals surface area contributed by atoms with Crippen molar-refractivity contribution in [3.63, 3.8) is 0 Å². The van der Waals surface area contributed by atoms with E-state index >= 15 is 0 Å².